The van der Waals surface area contributed by atoms with Gasteiger partial charge in [-0.1, -0.05) is 0 Å². The highest BCUT2D eigenvalue weighted by atomic mass is 35.5. The van der Waals surface area contributed by atoms with Gasteiger partial charge in [-0.3, -0.25) is 14.9 Å². The van der Waals surface area contributed by atoms with E-state index in [0.717, 1.165) is 19.4 Å². The zero-order valence-electron chi connectivity index (χ0n) is 12.5. The fraction of sp³-hybridized carbons (Fsp3) is 0.500. The maximum Gasteiger partial charge on any atom is 0.283 e. The number of nitro groups is 1. The van der Waals surface area contributed by atoms with Gasteiger partial charge in [-0.05, 0) is 44.7 Å². The number of thioether (sulfide) groups is 1. The van der Waals surface area contributed by atoms with Gasteiger partial charge >= 0.3 is 0 Å². The summed E-state index contributed by atoms with van der Waals surface area (Å²) >= 11 is 1.30. The first-order valence-corrected chi connectivity index (χ1v) is 8.12. The zero-order valence-corrected chi connectivity index (χ0v) is 14.1. The van der Waals surface area contributed by atoms with E-state index in [-0.39, 0.29) is 36.1 Å². The average Bonchev–Trinajstić information content (AvgIpc) is 2.48. The predicted molar refractivity (Wildman–Crippen MR) is 90.1 cm³/mol. The molecule has 1 saturated heterocycles. The number of hydrogen-bond donors (Lipinski definition) is 2. The van der Waals surface area contributed by atoms with E-state index in [4.69, 9.17) is 0 Å². The summed E-state index contributed by atoms with van der Waals surface area (Å²) in [5, 5.41) is 17.3. The number of benzene rings is 1. The minimum atomic E-state index is -0.451. The lowest BCUT2D eigenvalue weighted by Crippen LogP contribution is -2.51. The van der Waals surface area contributed by atoms with E-state index < -0.39 is 4.92 Å². The molecule has 2 rings (SSSR count). The van der Waals surface area contributed by atoms with E-state index in [9.17, 15) is 14.9 Å². The molecule has 2 atom stereocenters. The van der Waals surface area contributed by atoms with Gasteiger partial charge in [0.15, 0.2) is 0 Å². The standard InChI is InChI=1S/C14H19N3O3S.ClH/c1-9-11(4-3-7-15-9)16-14(18)10-5-6-13(21-2)12(8-10)17(19)20;/h5-6,8-9,11,15H,3-4,7H2,1-2H3,(H,16,18);1H. The topological polar surface area (TPSA) is 84.3 Å². The van der Waals surface area contributed by atoms with Gasteiger partial charge in [0.2, 0.25) is 0 Å². The molecule has 0 aromatic heterocycles. The number of halogens is 1. The quantitative estimate of drug-likeness (QED) is 0.498. The molecule has 0 radical (unpaired) electrons. The van der Waals surface area contributed by atoms with Gasteiger partial charge in [0.1, 0.15) is 0 Å². The Bertz CT molecular complexity index is 556. The van der Waals surface area contributed by atoms with Crippen LogP contribution in [0.25, 0.3) is 0 Å². The molecule has 0 spiro atoms. The second kappa shape index (κ2) is 8.36. The van der Waals surface area contributed by atoms with Crippen LogP contribution in [0, 0.1) is 10.1 Å². The molecule has 1 heterocycles. The number of nitrogens with one attached hydrogen (secondary N) is 2. The van der Waals surface area contributed by atoms with E-state index >= 15 is 0 Å². The summed E-state index contributed by atoms with van der Waals surface area (Å²) in [4.78, 5) is 23.4. The summed E-state index contributed by atoms with van der Waals surface area (Å²) in [5.41, 5.74) is 0.308. The normalized spacial score (nSPS) is 20.8. The largest absolute Gasteiger partial charge is 0.348 e. The van der Waals surface area contributed by atoms with Crippen LogP contribution < -0.4 is 10.6 Å². The number of carbonyl (C=O) groups excluding carboxylic acids is 1. The van der Waals surface area contributed by atoms with Crippen LogP contribution in [0.4, 0.5) is 5.69 Å². The van der Waals surface area contributed by atoms with Crippen LogP contribution in [0.1, 0.15) is 30.1 Å². The summed E-state index contributed by atoms with van der Waals surface area (Å²) in [6.07, 6.45) is 3.71. The lowest BCUT2D eigenvalue weighted by atomic mass is 9.99. The van der Waals surface area contributed by atoms with Gasteiger partial charge in [0.25, 0.3) is 11.6 Å². The molecule has 1 fully saturated rings. The molecular weight excluding hydrogens is 326 g/mol. The first-order valence-electron chi connectivity index (χ1n) is 6.89. The summed E-state index contributed by atoms with van der Waals surface area (Å²) in [5.74, 6) is -0.258. The minimum Gasteiger partial charge on any atom is -0.348 e. The molecule has 2 N–H and O–H groups in total. The van der Waals surface area contributed by atoms with Gasteiger partial charge in [-0.2, -0.15) is 0 Å². The third kappa shape index (κ3) is 4.34. The Hall–Kier alpha value is -1.31. The van der Waals surface area contributed by atoms with Crippen LogP contribution in [0.3, 0.4) is 0 Å². The van der Waals surface area contributed by atoms with Crippen molar-refractivity contribution < 1.29 is 9.72 Å². The van der Waals surface area contributed by atoms with Gasteiger partial charge in [-0.15, -0.1) is 24.2 Å². The molecule has 1 aromatic rings. The molecule has 0 aliphatic carbocycles. The summed E-state index contributed by atoms with van der Waals surface area (Å²) in [7, 11) is 0. The van der Waals surface area contributed by atoms with E-state index in [1.807, 2.05) is 6.92 Å². The van der Waals surface area contributed by atoms with Crippen molar-refractivity contribution in [2.24, 2.45) is 0 Å². The SMILES string of the molecule is CSc1ccc(C(=O)NC2CCCNC2C)cc1[N+](=O)[O-].Cl. The van der Waals surface area contributed by atoms with E-state index in [0.29, 0.717) is 10.5 Å². The molecule has 8 heteroatoms. The molecule has 0 saturated carbocycles. The van der Waals surface area contributed by atoms with Gasteiger partial charge < -0.3 is 10.6 Å². The van der Waals surface area contributed by atoms with Crippen LogP contribution in [-0.2, 0) is 0 Å². The molecule has 0 bridgehead atoms. The van der Waals surface area contributed by atoms with Crippen molar-refractivity contribution in [1.29, 1.82) is 0 Å². The number of rotatable bonds is 4. The molecule has 1 aliphatic heterocycles. The maximum atomic E-state index is 12.3. The van der Waals surface area contributed by atoms with Crippen LogP contribution >= 0.6 is 24.2 Å². The second-order valence-corrected chi connectivity index (χ2v) is 5.96. The Morgan fingerprint density at radius 2 is 2.23 bits per heavy atom. The number of carbonyl (C=O) groups is 1. The fourth-order valence-corrected chi connectivity index (χ4v) is 3.01. The van der Waals surface area contributed by atoms with Crippen LogP contribution in [0.2, 0.25) is 0 Å². The second-order valence-electron chi connectivity index (χ2n) is 5.11. The lowest BCUT2D eigenvalue weighted by molar-refractivity contribution is -0.387. The van der Waals surface area contributed by atoms with Crippen molar-refractivity contribution in [3.63, 3.8) is 0 Å². The molecule has 1 amide bonds. The van der Waals surface area contributed by atoms with E-state index in [2.05, 4.69) is 10.6 Å². The highest BCUT2D eigenvalue weighted by molar-refractivity contribution is 7.98. The van der Waals surface area contributed by atoms with Crippen LogP contribution in [0.15, 0.2) is 23.1 Å². The number of piperidine rings is 1. The molecule has 22 heavy (non-hydrogen) atoms. The smallest absolute Gasteiger partial charge is 0.283 e. The molecule has 122 valence electrons. The molecule has 6 nitrogen and oxygen atoms in total. The maximum absolute atomic E-state index is 12.3. The average molecular weight is 346 g/mol. The van der Waals surface area contributed by atoms with Crippen molar-refractivity contribution in [2.75, 3.05) is 12.8 Å². The molecule has 1 aliphatic rings. The van der Waals surface area contributed by atoms with Crippen molar-refractivity contribution in [2.45, 2.75) is 36.7 Å². The first-order chi connectivity index (χ1) is 10.0. The highest BCUT2D eigenvalue weighted by Crippen LogP contribution is 2.28. The Morgan fingerprint density at radius 3 is 2.82 bits per heavy atom. The molecular formula is C14H20ClN3O3S. The summed E-state index contributed by atoms with van der Waals surface area (Å²) in [6, 6.07) is 4.88. The van der Waals surface area contributed by atoms with Gasteiger partial charge in [0, 0.05) is 23.7 Å². The van der Waals surface area contributed by atoms with Crippen molar-refractivity contribution in [1.82, 2.24) is 10.6 Å². The minimum absolute atomic E-state index is 0. The summed E-state index contributed by atoms with van der Waals surface area (Å²) in [6.45, 7) is 2.99. The first kappa shape index (κ1) is 18.7. The zero-order chi connectivity index (χ0) is 15.4. The number of nitro benzene ring substituents is 1. The molecule has 2 unspecified atom stereocenters. The van der Waals surface area contributed by atoms with Crippen molar-refractivity contribution in [3.05, 3.63) is 33.9 Å². The van der Waals surface area contributed by atoms with Crippen LogP contribution in [0.5, 0.6) is 0 Å². The van der Waals surface area contributed by atoms with Crippen molar-refractivity contribution >= 4 is 35.8 Å². The Kier molecular flexibility index (Phi) is 7.12. The Labute approximate surface area is 140 Å². The van der Waals surface area contributed by atoms with Gasteiger partial charge in [-0.25, -0.2) is 0 Å². The highest BCUT2D eigenvalue weighted by Gasteiger charge is 2.24. The fourth-order valence-electron chi connectivity index (χ4n) is 2.47. The third-order valence-corrected chi connectivity index (χ3v) is 4.50. The van der Waals surface area contributed by atoms with Crippen LogP contribution in [-0.4, -0.2) is 35.7 Å². The Morgan fingerprint density at radius 1 is 1.50 bits per heavy atom. The molecule has 1 aromatic carbocycles. The predicted octanol–water partition coefficient (Wildman–Crippen LogP) is 2.61. The number of nitrogens with zero attached hydrogens (tertiary/aromatic N) is 1. The van der Waals surface area contributed by atoms with Crippen molar-refractivity contribution in [3.8, 4) is 0 Å². The van der Waals surface area contributed by atoms with E-state index in [1.165, 1.54) is 17.8 Å². The number of amides is 1. The van der Waals surface area contributed by atoms with Gasteiger partial charge in [0.05, 0.1) is 9.82 Å². The monoisotopic (exact) mass is 345 g/mol. The number of hydrogen-bond acceptors (Lipinski definition) is 5. The summed E-state index contributed by atoms with van der Waals surface area (Å²) < 4.78 is 0. The lowest BCUT2D eigenvalue weighted by Gasteiger charge is -2.30. The van der Waals surface area contributed by atoms with E-state index in [1.54, 1.807) is 18.4 Å². The third-order valence-electron chi connectivity index (χ3n) is 3.72. The Balaban J connectivity index is 0.00000242.